The minimum atomic E-state index is 0.852. The summed E-state index contributed by atoms with van der Waals surface area (Å²) in [5, 5.41) is 0. The molecule has 0 heterocycles. The number of anilines is 1. The van der Waals surface area contributed by atoms with Crippen molar-refractivity contribution in [2.45, 2.75) is 26.2 Å². The summed E-state index contributed by atoms with van der Waals surface area (Å²) in [4.78, 5) is 0. The van der Waals surface area contributed by atoms with Crippen molar-refractivity contribution in [1.29, 1.82) is 0 Å². The number of benzene rings is 1. The van der Waals surface area contributed by atoms with Gasteiger partial charge in [-0.25, -0.2) is 0 Å². The topological polar surface area (TPSA) is 26.0 Å². The van der Waals surface area contributed by atoms with Crippen molar-refractivity contribution in [3.63, 3.8) is 0 Å². The molecule has 0 aliphatic rings. The molecule has 0 atom stereocenters. The van der Waals surface area contributed by atoms with Gasteiger partial charge in [0.25, 0.3) is 0 Å². The lowest BCUT2D eigenvalue weighted by atomic mass is 10.3. The Morgan fingerprint density at radius 1 is 1.18 bits per heavy atom. The van der Waals surface area contributed by atoms with Gasteiger partial charge in [0.1, 0.15) is 0 Å². The van der Waals surface area contributed by atoms with E-state index in [0.29, 0.717) is 0 Å². The zero-order chi connectivity index (χ0) is 8.10. The van der Waals surface area contributed by atoms with E-state index in [4.69, 9.17) is 5.73 Å². The first-order valence-electron chi connectivity index (χ1n) is 4.17. The molecule has 1 aromatic carbocycles. The van der Waals surface area contributed by atoms with E-state index in [-0.39, 0.29) is 0 Å². The van der Waals surface area contributed by atoms with E-state index in [1.807, 2.05) is 12.1 Å². The molecule has 0 amide bonds. The summed E-state index contributed by atoms with van der Waals surface area (Å²) in [6, 6.07) is 8.13. The fourth-order valence-electron chi connectivity index (χ4n) is 1.07. The molecular formula is C10H15N. The van der Waals surface area contributed by atoms with Crippen molar-refractivity contribution in [1.82, 2.24) is 0 Å². The van der Waals surface area contributed by atoms with Crippen LogP contribution in [0.3, 0.4) is 0 Å². The van der Waals surface area contributed by atoms with E-state index >= 15 is 0 Å². The van der Waals surface area contributed by atoms with Gasteiger partial charge in [0.15, 0.2) is 0 Å². The molecule has 0 saturated carbocycles. The second kappa shape index (κ2) is 4.02. The molecule has 1 rings (SSSR count). The molecule has 1 heteroatoms. The van der Waals surface area contributed by atoms with Crippen molar-refractivity contribution in [3.8, 4) is 0 Å². The Balaban J connectivity index is 2.52. The summed E-state index contributed by atoms with van der Waals surface area (Å²) >= 11 is 0. The fourth-order valence-corrected chi connectivity index (χ4v) is 1.07. The monoisotopic (exact) mass is 155 g/mol. The largest absolute Gasteiger partial charge is 0.399 e. The third kappa shape index (κ3) is 2.62. The molecule has 0 radical (unpaired) electrons. The number of nitrogen functional groups attached to an aromatic ring is 1. The van der Waals surface area contributed by atoms with Crippen LogP contribution in [0.15, 0.2) is 24.3 Å². The van der Waals surface area contributed by atoms with Gasteiger partial charge < -0.3 is 5.73 Å². The van der Waals surface area contributed by atoms with Crippen LogP contribution in [-0.2, 0) is 6.42 Å². The number of aryl methyl sites for hydroxylation is 1. The lowest BCUT2D eigenvalue weighted by Crippen LogP contribution is -1.87. The average Bonchev–Trinajstić information content (AvgIpc) is 2.04. The molecule has 0 aromatic heterocycles. The first-order chi connectivity index (χ1) is 5.33. The molecule has 0 aliphatic heterocycles. The van der Waals surface area contributed by atoms with Crippen LogP contribution in [0.1, 0.15) is 25.3 Å². The number of unbranched alkanes of at least 4 members (excludes halogenated alkanes) is 1. The van der Waals surface area contributed by atoms with Crippen LogP contribution in [0.5, 0.6) is 0 Å². The Morgan fingerprint density at radius 3 is 2.36 bits per heavy atom. The van der Waals surface area contributed by atoms with Crippen LogP contribution in [-0.4, -0.2) is 0 Å². The standard InChI is InChI=1S/C10H15N/c1-2-3-4-9-5-7-10(11)8-6-9/h5-8H,2-4,11H2,1H3/i5+1,6+1,7+1,8+1,9+1,10+1. The van der Waals surface area contributed by atoms with Crippen molar-refractivity contribution in [2.24, 2.45) is 0 Å². The lowest BCUT2D eigenvalue weighted by molar-refractivity contribution is 0.795. The molecular weight excluding hydrogens is 140 g/mol. The minimum absolute atomic E-state index is 0.852. The maximum absolute atomic E-state index is 5.56. The van der Waals surface area contributed by atoms with Crippen LogP contribution < -0.4 is 5.73 Å². The molecule has 2 N–H and O–H groups in total. The molecule has 11 heavy (non-hydrogen) atoms. The Hall–Kier alpha value is -0.980. The summed E-state index contributed by atoms with van der Waals surface area (Å²) in [5.41, 5.74) is 7.80. The van der Waals surface area contributed by atoms with Gasteiger partial charge in [0.05, 0.1) is 0 Å². The van der Waals surface area contributed by atoms with E-state index in [9.17, 15) is 0 Å². The lowest BCUT2D eigenvalue weighted by Gasteiger charge is -1.99. The number of hydrogen-bond acceptors (Lipinski definition) is 1. The van der Waals surface area contributed by atoms with Crippen LogP contribution in [0.2, 0.25) is 0 Å². The van der Waals surface area contributed by atoms with Gasteiger partial charge >= 0.3 is 0 Å². The van der Waals surface area contributed by atoms with Crippen LogP contribution in [0.25, 0.3) is 0 Å². The van der Waals surface area contributed by atoms with Crippen molar-refractivity contribution in [3.05, 3.63) is 29.8 Å². The molecule has 60 valence electrons. The summed E-state index contributed by atoms with van der Waals surface area (Å²) in [6.45, 7) is 2.21. The smallest absolute Gasteiger partial charge is 0.0314 e. The highest BCUT2D eigenvalue weighted by atomic mass is 15.0. The Bertz CT molecular complexity index is 201. The van der Waals surface area contributed by atoms with Gasteiger partial charge in [-0.1, -0.05) is 25.5 Å². The van der Waals surface area contributed by atoms with Gasteiger partial charge in [-0.15, -0.1) is 0 Å². The normalized spacial score (nSPS) is 9.91. The second-order valence-corrected chi connectivity index (χ2v) is 2.85. The van der Waals surface area contributed by atoms with E-state index in [1.54, 1.807) is 0 Å². The molecule has 0 fully saturated rings. The van der Waals surface area contributed by atoms with Gasteiger partial charge in [-0.05, 0) is 30.5 Å². The van der Waals surface area contributed by atoms with Gasteiger partial charge in [-0.3, -0.25) is 0 Å². The predicted molar refractivity (Wildman–Crippen MR) is 49.5 cm³/mol. The molecule has 0 aliphatic carbocycles. The average molecular weight is 155 g/mol. The Morgan fingerprint density at radius 2 is 1.82 bits per heavy atom. The predicted octanol–water partition coefficient (Wildman–Crippen LogP) is 2.61. The number of hydrogen-bond donors (Lipinski definition) is 1. The van der Waals surface area contributed by atoms with Gasteiger partial charge in [-0.2, -0.15) is 0 Å². The van der Waals surface area contributed by atoms with E-state index < -0.39 is 0 Å². The minimum Gasteiger partial charge on any atom is -0.399 e. The maximum atomic E-state index is 5.56. The number of nitrogens with two attached hydrogens (primary N) is 1. The SMILES string of the molecule is CCCC[13c]1[13cH][13cH][13c](N)[13cH][13cH]1. The fraction of sp³-hybridized carbons (Fsp3) is 0.400. The highest BCUT2D eigenvalue weighted by Gasteiger charge is 1.90. The maximum Gasteiger partial charge on any atom is 0.0314 e. The molecule has 0 unspecified atom stereocenters. The first-order valence-corrected chi connectivity index (χ1v) is 4.17. The quantitative estimate of drug-likeness (QED) is 0.667. The first kappa shape index (κ1) is 8.12. The highest BCUT2D eigenvalue weighted by molar-refractivity contribution is 5.39. The van der Waals surface area contributed by atoms with Crippen molar-refractivity contribution < 1.29 is 0 Å². The van der Waals surface area contributed by atoms with E-state index in [0.717, 1.165) is 5.69 Å². The van der Waals surface area contributed by atoms with Gasteiger partial charge in [0.2, 0.25) is 0 Å². The third-order valence-corrected chi connectivity index (χ3v) is 1.80. The zero-order valence-electron chi connectivity index (χ0n) is 7.01. The van der Waals surface area contributed by atoms with E-state index in [1.165, 1.54) is 24.8 Å². The third-order valence-electron chi connectivity index (χ3n) is 1.80. The molecule has 0 bridgehead atoms. The summed E-state index contributed by atoms with van der Waals surface area (Å²) in [7, 11) is 0. The summed E-state index contributed by atoms with van der Waals surface area (Å²) in [6.07, 6.45) is 3.70. The molecule has 0 spiro atoms. The zero-order valence-corrected chi connectivity index (χ0v) is 7.01. The van der Waals surface area contributed by atoms with Crippen LogP contribution in [0.4, 0.5) is 5.69 Å². The van der Waals surface area contributed by atoms with Crippen molar-refractivity contribution >= 4 is 5.69 Å². The highest BCUT2D eigenvalue weighted by Crippen LogP contribution is 2.08. The molecule has 0 saturated heterocycles. The summed E-state index contributed by atoms with van der Waals surface area (Å²) < 4.78 is 0. The van der Waals surface area contributed by atoms with Crippen molar-refractivity contribution in [2.75, 3.05) is 5.73 Å². The molecule has 1 nitrogen and oxygen atoms in total. The summed E-state index contributed by atoms with van der Waals surface area (Å²) in [5.74, 6) is 0. The van der Waals surface area contributed by atoms with Crippen LogP contribution >= 0.6 is 0 Å². The second-order valence-electron chi connectivity index (χ2n) is 2.85. The van der Waals surface area contributed by atoms with Gasteiger partial charge in [0, 0.05) is 5.69 Å². The Kier molecular flexibility index (Phi) is 2.96. The molecule has 1 aromatic rings. The number of rotatable bonds is 3. The van der Waals surface area contributed by atoms with E-state index in [2.05, 4.69) is 19.1 Å². The van der Waals surface area contributed by atoms with Crippen LogP contribution in [0, 0.1) is 0 Å². The Labute approximate surface area is 68.2 Å².